The summed E-state index contributed by atoms with van der Waals surface area (Å²) < 4.78 is 22.9. The lowest BCUT2D eigenvalue weighted by molar-refractivity contribution is -0.121. The Hall–Kier alpha value is -1.36. The van der Waals surface area contributed by atoms with Gasteiger partial charge in [-0.2, -0.15) is 0 Å². The third-order valence-electron chi connectivity index (χ3n) is 4.16. The number of nitrogens with one attached hydrogen (secondary N) is 2. The van der Waals surface area contributed by atoms with Crippen LogP contribution in [0.3, 0.4) is 0 Å². The molecule has 1 unspecified atom stereocenters. The fourth-order valence-electron chi connectivity index (χ4n) is 2.87. The molecule has 9 heteroatoms. The first-order valence-electron chi connectivity index (χ1n) is 8.93. The van der Waals surface area contributed by atoms with Crippen LogP contribution in [-0.4, -0.2) is 62.9 Å². The Morgan fingerprint density at radius 2 is 2.00 bits per heavy atom. The van der Waals surface area contributed by atoms with Crippen LogP contribution in [0.25, 0.3) is 0 Å². The summed E-state index contributed by atoms with van der Waals surface area (Å²) in [5, 5.41) is 6.01. The molecular weight excluding hydrogens is 479 g/mol. The Morgan fingerprint density at radius 3 is 2.59 bits per heavy atom. The Bertz CT molecular complexity index is 725. The number of benzene rings is 1. The molecular formula is C18H29IN4O3S. The first-order chi connectivity index (χ1) is 12.4. The van der Waals surface area contributed by atoms with E-state index in [0.29, 0.717) is 13.0 Å². The van der Waals surface area contributed by atoms with Gasteiger partial charge in [0, 0.05) is 32.6 Å². The minimum atomic E-state index is -2.98. The maximum absolute atomic E-state index is 12.0. The van der Waals surface area contributed by atoms with Crippen molar-refractivity contribution in [2.24, 2.45) is 4.99 Å². The van der Waals surface area contributed by atoms with Crippen molar-refractivity contribution >= 4 is 45.7 Å². The van der Waals surface area contributed by atoms with E-state index in [0.717, 1.165) is 19.0 Å². The van der Waals surface area contributed by atoms with Gasteiger partial charge in [-0.15, -0.1) is 24.0 Å². The number of rotatable bonds is 7. The van der Waals surface area contributed by atoms with Crippen molar-refractivity contribution in [2.75, 3.05) is 31.6 Å². The van der Waals surface area contributed by atoms with Crippen molar-refractivity contribution in [3.8, 4) is 0 Å². The van der Waals surface area contributed by atoms with Gasteiger partial charge in [-0.25, -0.2) is 8.42 Å². The molecule has 0 spiro atoms. The lowest BCUT2D eigenvalue weighted by Gasteiger charge is -2.22. The summed E-state index contributed by atoms with van der Waals surface area (Å²) in [5.74, 6) is 0.792. The Morgan fingerprint density at radius 1 is 1.30 bits per heavy atom. The zero-order valence-corrected chi connectivity index (χ0v) is 19.0. The maximum Gasteiger partial charge on any atom is 0.222 e. The molecule has 1 saturated heterocycles. The second-order valence-electron chi connectivity index (χ2n) is 6.49. The number of carbonyl (C=O) groups excluding carboxylic acids is 1. The minimum absolute atomic E-state index is 0. The van der Waals surface area contributed by atoms with E-state index in [2.05, 4.69) is 27.8 Å². The molecule has 1 aliphatic rings. The molecule has 0 aromatic heterocycles. The summed E-state index contributed by atoms with van der Waals surface area (Å²) in [5.41, 5.74) is 1.18. The molecule has 152 valence electrons. The van der Waals surface area contributed by atoms with E-state index in [1.54, 1.807) is 0 Å². The molecule has 2 N–H and O–H groups in total. The van der Waals surface area contributed by atoms with Crippen molar-refractivity contribution in [3.05, 3.63) is 35.9 Å². The van der Waals surface area contributed by atoms with Gasteiger partial charge in [0.15, 0.2) is 15.8 Å². The van der Waals surface area contributed by atoms with Crippen LogP contribution in [0.5, 0.6) is 0 Å². The zero-order valence-electron chi connectivity index (χ0n) is 15.8. The summed E-state index contributed by atoms with van der Waals surface area (Å²) in [6, 6.07) is 9.84. The molecule has 0 radical (unpaired) electrons. The largest absolute Gasteiger partial charge is 0.357 e. The number of aliphatic imine (C=N–C) groups is 1. The molecule has 0 saturated carbocycles. The summed E-state index contributed by atoms with van der Waals surface area (Å²) in [4.78, 5) is 18.5. The fraction of sp³-hybridized carbons (Fsp3) is 0.556. The predicted molar refractivity (Wildman–Crippen MR) is 119 cm³/mol. The normalized spacial score (nSPS) is 18.4. The maximum atomic E-state index is 12.0. The highest BCUT2D eigenvalue weighted by Gasteiger charge is 2.28. The number of nitrogens with zero attached hydrogens (tertiary/aromatic N) is 2. The van der Waals surface area contributed by atoms with Crippen molar-refractivity contribution in [3.63, 3.8) is 0 Å². The number of halogens is 1. The molecule has 1 aliphatic heterocycles. The van der Waals surface area contributed by atoms with E-state index in [1.807, 2.05) is 37.1 Å². The molecule has 0 aliphatic carbocycles. The SMILES string of the molecule is CCNC(=NCCC(=O)NC1CCS(=O)(=O)C1)N(C)Cc1ccccc1.I. The monoisotopic (exact) mass is 508 g/mol. The molecule has 1 atom stereocenters. The highest BCUT2D eigenvalue weighted by molar-refractivity contribution is 14.0. The van der Waals surface area contributed by atoms with Crippen LogP contribution in [0.1, 0.15) is 25.3 Å². The fourth-order valence-corrected chi connectivity index (χ4v) is 4.55. The van der Waals surface area contributed by atoms with Crippen molar-refractivity contribution < 1.29 is 13.2 Å². The van der Waals surface area contributed by atoms with Gasteiger partial charge in [0.1, 0.15) is 0 Å². The molecule has 1 amide bonds. The van der Waals surface area contributed by atoms with E-state index in [-0.39, 0.29) is 53.9 Å². The smallest absolute Gasteiger partial charge is 0.222 e. The molecule has 1 aromatic carbocycles. The predicted octanol–water partition coefficient (Wildman–Crippen LogP) is 1.40. The highest BCUT2D eigenvalue weighted by Crippen LogP contribution is 2.11. The van der Waals surface area contributed by atoms with E-state index >= 15 is 0 Å². The van der Waals surface area contributed by atoms with Crippen molar-refractivity contribution in [2.45, 2.75) is 32.4 Å². The van der Waals surface area contributed by atoms with E-state index in [9.17, 15) is 13.2 Å². The number of hydrogen-bond donors (Lipinski definition) is 2. The van der Waals surface area contributed by atoms with Crippen LogP contribution in [-0.2, 0) is 21.2 Å². The molecule has 1 fully saturated rings. The van der Waals surface area contributed by atoms with Gasteiger partial charge in [0.2, 0.25) is 5.91 Å². The first kappa shape index (κ1) is 23.7. The summed E-state index contributed by atoms with van der Waals surface area (Å²) in [6.45, 7) is 3.81. The van der Waals surface area contributed by atoms with Gasteiger partial charge in [-0.05, 0) is 18.9 Å². The summed E-state index contributed by atoms with van der Waals surface area (Å²) in [7, 11) is -1.03. The van der Waals surface area contributed by atoms with Crippen LogP contribution in [0.2, 0.25) is 0 Å². The average molecular weight is 508 g/mol. The molecule has 1 aromatic rings. The summed E-state index contributed by atoms with van der Waals surface area (Å²) in [6.07, 6.45) is 0.740. The van der Waals surface area contributed by atoms with Gasteiger partial charge < -0.3 is 15.5 Å². The Labute approximate surface area is 178 Å². The second-order valence-corrected chi connectivity index (χ2v) is 8.72. The summed E-state index contributed by atoms with van der Waals surface area (Å²) >= 11 is 0. The van der Waals surface area contributed by atoms with Gasteiger partial charge in [0.05, 0.1) is 18.1 Å². The molecule has 27 heavy (non-hydrogen) atoms. The number of amides is 1. The van der Waals surface area contributed by atoms with E-state index in [1.165, 1.54) is 5.56 Å². The van der Waals surface area contributed by atoms with E-state index < -0.39 is 9.84 Å². The first-order valence-corrected chi connectivity index (χ1v) is 10.7. The van der Waals surface area contributed by atoms with Crippen LogP contribution in [0.15, 0.2) is 35.3 Å². The van der Waals surface area contributed by atoms with E-state index in [4.69, 9.17) is 0 Å². The van der Waals surface area contributed by atoms with Crippen LogP contribution in [0.4, 0.5) is 0 Å². The Kier molecular flexibility index (Phi) is 10.1. The third-order valence-corrected chi connectivity index (χ3v) is 5.92. The number of carbonyl (C=O) groups is 1. The number of guanidine groups is 1. The van der Waals surface area contributed by atoms with Crippen molar-refractivity contribution in [1.29, 1.82) is 0 Å². The quantitative estimate of drug-likeness (QED) is 0.330. The van der Waals surface area contributed by atoms with Crippen LogP contribution in [0, 0.1) is 0 Å². The van der Waals surface area contributed by atoms with Crippen LogP contribution < -0.4 is 10.6 Å². The standard InChI is InChI=1S/C18H28N4O3S.HI/c1-3-19-18(22(2)13-15-7-5-4-6-8-15)20-11-9-17(23)21-16-10-12-26(24,25)14-16;/h4-8,16H,3,9-14H2,1-2H3,(H,19,20)(H,21,23);1H. The lowest BCUT2D eigenvalue weighted by atomic mass is 10.2. The third kappa shape index (κ3) is 8.46. The van der Waals surface area contributed by atoms with Gasteiger partial charge in [-0.3, -0.25) is 9.79 Å². The lowest BCUT2D eigenvalue weighted by Crippen LogP contribution is -2.39. The molecule has 2 rings (SSSR count). The van der Waals surface area contributed by atoms with Gasteiger partial charge in [0.25, 0.3) is 0 Å². The number of hydrogen-bond acceptors (Lipinski definition) is 4. The average Bonchev–Trinajstić information content (AvgIpc) is 2.93. The van der Waals surface area contributed by atoms with Crippen molar-refractivity contribution in [1.82, 2.24) is 15.5 Å². The Balaban J connectivity index is 0.00000364. The van der Waals surface area contributed by atoms with Crippen LogP contribution >= 0.6 is 24.0 Å². The highest BCUT2D eigenvalue weighted by atomic mass is 127. The topological polar surface area (TPSA) is 90.9 Å². The zero-order chi connectivity index (χ0) is 19.0. The molecule has 1 heterocycles. The van der Waals surface area contributed by atoms with Gasteiger partial charge >= 0.3 is 0 Å². The van der Waals surface area contributed by atoms with Gasteiger partial charge in [-0.1, -0.05) is 30.3 Å². The number of sulfone groups is 1. The molecule has 7 nitrogen and oxygen atoms in total. The minimum Gasteiger partial charge on any atom is -0.357 e. The second kappa shape index (κ2) is 11.5. The molecule has 0 bridgehead atoms.